The molecule has 29 heavy (non-hydrogen) atoms. The van der Waals surface area contributed by atoms with Crippen molar-refractivity contribution in [3.63, 3.8) is 0 Å². The van der Waals surface area contributed by atoms with Crippen LogP contribution in [-0.4, -0.2) is 36.7 Å². The summed E-state index contributed by atoms with van der Waals surface area (Å²) in [5.41, 5.74) is 1.52. The van der Waals surface area contributed by atoms with Crippen LogP contribution in [-0.2, 0) is 0 Å². The summed E-state index contributed by atoms with van der Waals surface area (Å²) in [5, 5.41) is 5.95. The highest BCUT2D eigenvalue weighted by molar-refractivity contribution is 6.04. The number of carbonyl (C=O) groups excluding carboxylic acids is 1. The van der Waals surface area contributed by atoms with Gasteiger partial charge in [0, 0.05) is 17.8 Å². The quantitative estimate of drug-likeness (QED) is 0.598. The van der Waals surface area contributed by atoms with E-state index >= 15 is 0 Å². The molecule has 0 aliphatic heterocycles. The van der Waals surface area contributed by atoms with Crippen molar-refractivity contribution in [2.75, 3.05) is 31.5 Å². The molecule has 0 aliphatic rings. The number of benzene rings is 2. The molecule has 0 spiro atoms. The smallest absolute Gasteiger partial charge is 0.274 e. The van der Waals surface area contributed by atoms with Gasteiger partial charge in [0.1, 0.15) is 23.6 Å². The first-order chi connectivity index (χ1) is 14.1. The molecule has 0 aliphatic carbocycles. The fourth-order valence-electron chi connectivity index (χ4n) is 2.65. The first-order valence-corrected chi connectivity index (χ1v) is 8.99. The second kappa shape index (κ2) is 9.41. The number of nitrogens with zero attached hydrogens (tertiary/aromatic N) is 2. The van der Waals surface area contributed by atoms with Gasteiger partial charge in [-0.2, -0.15) is 0 Å². The monoisotopic (exact) mass is 394 g/mol. The van der Waals surface area contributed by atoms with Gasteiger partial charge in [-0.15, -0.1) is 0 Å². The highest BCUT2D eigenvalue weighted by atomic mass is 16.5. The fourth-order valence-corrected chi connectivity index (χ4v) is 2.65. The first kappa shape index (κ1) is 19.9. The Bertz CT molecular complexity index is 994. The van der Waals surface area contributed by atoms with Crippen molar-refractivity contribution >= 4 is 23.1 Å². The third-order valence-electron chi connectivity index (χ3n) is 3.99. The van der Waals surface area contributed by atoms with Gasteiger partial charge in [0.15, 0.2) is 11.5 Å². The zero-order valence-corrected chi connectivity index (χ0v) is 16.4. The molecule has 150 valence electrons. The molecule has 1 amide bonds. The maximum Gasteiger partial charge on any atom is 0.274 e. The van der Waals surface area contributed by atoms with E-state index < -0.39 is 0 Å². The summed E-state index contributed by atoms with van der Waals surface area (Å²) in [4.78, 5) is 20.9. The summed E-state index contributed by atoms with van der Waals surface area (Å²) in [6.45, 7) is 2.38. The van der Waals surface area contributed by atoms with Gasteiger partial charge in [-0.05, 0) is 31.2 Å². The Kier molecular flexibility index (Phi) is 6.47. The summed E-state index contributed by atoms with van der Waals surface area (Å²) >= 11 is 0. The normalized spacial score (nSPS) is 10.2. The molecule has 1 heterocycles. The van der Waals surface area contributed by atoms with E-state index in [0.717, 1.165) is 5.69 Å². The van der Waals surface area contributed by atoms with Gasteiger partial charge in [-0.25, -0.2) is 9.97 Å². The Labute approximate surface area is 168 Å². The molecule has 0 radical (unpaired) electrons. The third-order valence-corrected chi connectivity index (χ3v) is 3.99. The molecule has 2 aromatic carbocycles. The minimum absolute atomic E-state index is 0.217. The molecule has 1 aromatic heterocycles. The van der Waals surface area contributed by atoms with Gasteiger partial charge in [0.25, 0.3) is 5.91 Å². The molecule has 0 saturated heterocycles. The topological polar surface area (TPSA) is 94.6 Å². The standard InChI is InChI=1S/C21H22N4O4/c1-4-29-17-8-6-5-7-15(17)25-21(26)16-12-20(23-13-22-16)24-14-9-10-18(27-2)19(11-14)28-3/h5-13H,4H2,1-3H3,(H,25,26)(H,22,23,24). The molecule has 3 rings (SSSR count). The van der Waals surface area contributed by atoms with Crippen molar-refractivity contribution in [3.8, 4) is 17.2 Å². The number of rotatable bonds is 8. The van der Waals surface area contributed by atoms with Crippen LogP contribution in [0, 0.1) is 0 Å². The first-order valence-electron chi connectivity index (χ1n) is 8.99. The van der Waals surface area contributed by atoms with Crippen LogP contribution in [0.1, 0.15) is 17.4 Å². The molecule has 3 aromatic rings. The lowest BCUT2D eigenvalue weighted by molar-refractivity contribution is 0.102. The van der Waals surface area contributed by atoms with Crippen LogP contribution in [0.15, 0.2) is 54.9 Å². The van der Waals surface area contributed by atoms with Crippen molar-refractivity contribution in [1.29, 1.82) is 0 Å². The molecular formula is C21H22N4O4. The minimum Gasteiger partial charge on any atom is -0.493 e. The van der Waals surface area contributed by atoms with Crippen LogP contribution in [0.5, 0.6) is 17.2 Å². The summed E-state index contributed by atoms with van der Waals surface area (Å²) < 4.78 is 16.1. The summed E-state index contributed by atoms with van der Waals surface area (Å²) in [6.07, 6.45) is 1.33. The van der Waals surface area contributed by atoms with Gasteiger partial charge in [-0.3, -0.25) is 4.79 Å². The number of nitrogens with one attached hydrogen (secondary N) is 2. The predicted molar refractivity (Wildman–Crippen MR) is 110 cm³/mol. The van der Waals surface area contributed by atoms with Crippen LogP contribution in [0.25, 0.3) is 0 Å². The Morgan fingerprint density at radius 1 is 0.966 bits per heavy atom. The van der Waals surface area contributed by atoms with E-state index in [-0.39, 0.29) is 11.6 Å². The molecule has 0 saturated carbocycles. The number of methoxy groups -OCH3 is 2. The van der Waals surface area contributed by atoms with Crippen LogP contribution in [0.4, 0.5) is 17.2 Å². The van der Waals surface area contributed by atoms with Crippen molar-refractivity contribution in [1.82, 2.24) is 9.97 Å². The Morgan fingerprint density at radius 3 is 2.52 bits per heavy atom. The van der Waals surface area contributed by atoms with E-state index in [9.17, 15) is 4.79 Å². The lowest BCUT2D eigenvalue weighted by Crippen LogP contribution is -2.15. The second-order valence-corrected chi connectivity index (χ2v) is 5.87. The number of amides is 1. The zero-order valence-electron chi connectivity index (χ0n) is 16.4. The van der Waals surface area contributed by atoms with Crippen LogP contribution < -0.4 is 24.8 Å². The number of hydrogen-bond donors (Lipinski definition) is 2. The van der Waals surface area contributed by atoms with Crippen molar-refractivity contribution < 1.29 is 19.0 Å². The summed E-state index contributed by atoms with van der Waals surface area (Å²) in [5.74, 6) is 1.90. The van der Waals surface area contributed by atoms with Gasteiger partial charge < -0.3 is 24.8 Å². The lowest BCUT2D eigenvalue weighted by Gasteiger charge is -2.12. The molecule has 0 bridgehead atoms. The molecule has 0 atom stereocenters. The number of para-hydroxylation sites is 2. The SMILES string of the molecule is CCOc1ccccc1NC(=O)c1cc(Nc2ccc(OC)c(OC)c2)ncn1. The average molecular weight is 394 g/mol. The maximum absolute atomic E-state index is 12.6. The van der Waals surface area contributed by atoms with Gasteiger partial charge in [0.2, 0.25) is 0 Å². The second-order valence-electron chi connectivity index (χ2n) is 5.87. The van der Waals surface area contributed by atoms with E-state index in [2.05, 4.69) is 20.6 Å². The molecule has 0 fully saturated rings. The molecule has 2 N–H and O–H groups in total. The predicted octanol–water partition coefficient (Wildman–Crippen LogP) is 3.89. The Balaban J connectivity index is 1.77. The van der Waals surface area contributed by atoms with Gasteiger partial charge in [0.05, 0.1) is 26.5 Å². The molecular weight excluding hydrogens is 372 g/mol. The minimum atomic E-state index is -0.366. The third kappa shape index (κ3) is 4.92. The summed E-state index contributed by atoms with van der Waals surface area (Å²) in [7, 11) is 3.14. The van der Waals surface area contributed by atoms with Crippen molar-refractivity contribution in [3.05, 3.63) is 60.6 Å². The molecule has 8 nitrogen and oxygen atoms in total. The van der Waals surface area contributed by atoms with E-state index in [1.165, 1.54) is 6.33 Å². The highest BCUT2D eigenvalue weighted by Crippen LogP contribution is 2.31. The van der Waals surface area contributed by atoms with Gasteiger partial charge in [-0.1, -0.05) is 12.1 Å². The Hall–Kier alpha value is -3.81. The molecule has 0 unspecified atom stereocenters. The zero-order chi connectivity index (χ0) is 20.6. The van der Waals surface area contributed by atoms with E-state index in [0.29, 0.717) is 35.4 Å². The maximum atomic E-state index is 12.6. The van der Waals surface area contributed by atoms with E-state index in [1.807, 2.05) is 25.1 Å². The van der Waals surface area contributed by atoms with Gasteiger partial charge >= 0.3 is 0 Å². The largest absolute Gasteiger partial charge is 0.493 e. The number of carbonyl (C=O) groups is 1. The van der Waals surface area contributed by atoms with Crippen molar-refractivity contribution in [2.24, 2.45) is 0 Å². The number of hydrogen-bond acceptors (Lipinski definition) is 7. The van der Waals surface area contributed by atoms with Crippen LogP contribution in [0.2, 0.25) is 0 Å². The Morgan fingerprint density at radius 2 is 1.76 bits per heavy atom. The fraction of sp³-hybridized carbons (Fsp3) is 0.190. The van der Waals surface area contributed by atoms with Crippen LogP contribution in [0.3, 0.4) is 0 Å². The van der Waals surface area contributed by atoms with Crippen LogP contribution >= 0.6 is 0 Å². The van der Waals surface area contributed by atoms with E-state index in [1.54, 1.807) is 44.6 Å². The lowest BCUT2D eigenvalue weighted by atomic mass is 10.2. The van der Waals surface area contributed by atoms with Crippen molar-refractivity contribution in [2.45, 2.75) is 6.92 Å². The highest BCUT2D eigenvalue weighted by Gasteiger charge is 2.13. The van der Waals surface area contributed by atoms with E-state index in [4.69, 9.17) is 14.2 Å². The summed E-state index contributed by atoms with van der Waals surface area (Å²) in [6, 6.07) is 14.2. The number of aromatic nitrogens is 2. The number of ether oxygens (including phenoxy) is 3. The average Bonchev–Trinajstić information content (AvgIpc) is 2.75. The molecule has 8 heteroatoms. The number of anilines is 3.